The Morgan fingerprint density at radius 1 is 0.667 bits per heavy atom. The molecule has 0 aromatic heterocycles. The maximum atomic E-state index is 10.0. The molecule has 6 nitrogen and oxygen atoms in total. The van der Waals surface area contributed by atoms with Crippen molar-refractivity contribution in [2.24, 2.45) is 0 Å². The van der Waals surface area contributed by atoms with Crippen LogP contribution in [0.1, 0.15) is 58.3 Å². The van der Waals surface area contributed by atoms with E-state index in [9.17, 15) is 14.4 Å². The summed E-state index contributed by atoms with van der Waals surface area (Å²) in [6, 6.07) is 0. The Morgan fingerprint density at radius 3 is 1.39 bits per heavy atom. The van der Waals surface area contributed by atoms with Crippen LogP contribution in [-0.4, -0.2) is 33.2 Å². The molecule has 0 saturated carbocycles. The highest BCUT2D eigenvalue weighted by molar-refractivity contribution is 5.75. The van der Waals surface area contributed by atoms with E-state index in [0.29, 0.717) is 6.42 Å². The van der Waals surface area contributed by atoms with Crippen LogP contribution in [0.25, 0.3) is 0 Å². The standard InChI is InChI=1S/C8H16O2.C4H6O4/c1-2-3-4-5-6-7-8(9)10;5-3(6)1-2-4(7)8/h2-7H2,1H3,(H,9,10);1-2H2,(H,5,6)(H,7,8). The fourth-order valence-corrected chi connectivity index (χ4v) is 1.09. The van der Waals surface area contributed by atoms with Gasteiger partial charge in [0, 0.05) is 6.42 Å². The Morgan fingerprint density at radius 2 is 1.06 bits per heavy atom. The molecule has 3 N–H and O–H groups in total. The van der Waals surface area contributed by atoms with Gasteiger partial charge in [-0.05, 0) is 6.42 Å². The van der Waals surface area contributed by atoms with Crippen molar-refractivity contribution in [2.75, 3.05) is 0 Å². The number of unbranched alkanes of at least 4 members (excludes halogenated alkanes) is 4. The lowest BCUT2D eigenvalue weighted by molar-refractivity contribution is -0.143. The third-order valence-electron chi connectivity index (χ3n) is 2.05. The van der Waals surface area contributed by atoms with E-state index in [1.165, 1.54) is 19.3 Å². The Labute approximate surface area is 107 Å². The fraction of sp³-hybridized carbons (Fsp3) is 0.750. The van der Waals surface area contributed by atoms with Gasteiger partial charge in [-0.2, -0.15) is 0 Å². The molecule has 18 heavy (non-hydrogen) atoms. The van der Waals surface area contributed by atoms with Gasteiger partial charge in [0.15, 0.2) is 0 Å². The molecule has 0 aliphatic heterocycles. The Kier molecular flexibility index (Phi) is 14.0. The average molecular weight is 262 g/mol. The zero-order chi connectivity index (χ0) is 14.4. The largest absolute Gasteiger partial charge is 0.481 e. The molecule has 0 atom stereocenters. The Bertz CT molecular complexity index is 235. The summed E-state index contributed by atoms with van der Waals surface area (Å²) >= 11 is 0. The van der Waals surface area contributed by atoms with Crippen LogP contribution < -0.4 is 0 Å². The minimum atomic E-state index is -1.08. The molecule has 0 aliphatic rings. The average Bonchev–Trinajstić information content (AvgIpc) is 2.26. The van der Waals surface area contributed by atoms with E-state index in [-0.39, 0.29) is 12.8 Å². The quantitative estimate of drug-likeness (QED) is 0.550. The number of hydrogen-bond donors (Lipinski definition) is 3. The van der Waals surface area contributed by atoms with E-state index in [0.717, 1.165) is 12.8 Å². The van der Waals surface area contributed by atoms with Crippen molar-refractivity contribution in [3.05, 3.63) is 0 Å². The number of carbonyl (C=O) groups is 3. The zero-order valence-electron chi connectivity index (χ0n) is 10.7. The first kappa shape index (κ1) is 18.8. The highest BCUT2D eigenvalue weighted by Gasteiger charge is 2.00. The van der Waals surface area contributed by atoms with Crippen molar-refractivity contribution in [3.8, 4) is 0 Å². The molecule has 0 bridgehead atoms. The van der Waals surface area contributed by atoms with E-state index in [2.05, 4.69) is 6.92 Å². The fourth-order valence-electron chi connectivity index (χ4n) is 1.09. The molecule has 0 heterocycles. The lowest BCUT2D eigenvalue weighted by Crippen LogP contribution is -2.00. The molecule has 0 rings (SSSR count). The van der Waals surface area contributed by atoms with Crippen molar-refractivity contribution in [1.82, 2.24) is 0 Å². The number of hydrogen-bond acceptors (Lipinski definition) is 3. The van der Waals surface area contributed by atoms with Gasteiger partial charge in [0.05, 0.1) is 12.8 Å². The molecule has 0 fully saturated rings. The van der Waals surface area contributed by atoms with E-state index < -0.39 is 17.9 Å². The third-order valence-corrected chi connectivity index (χ3v) is 2.05. The van der Waals surface area contributed by atoms with Gasteiger partial charge in [0.2, 0.25) is 0 Å². The smallest absolute Gasteiger partial charge is 0.303 e. The molecule has 0 aliphatic carbocycles. The number of aliphatic carboxylic acids is 3. The summed E-state index contributed by atoms with van der Waals surface area (Å²) in [5.41, 5.74) is 0. The molecule has 0 spiro atoms. The summed E-state index contributed by atoms with van der Waals surface area (Å²) in [6.45, 7) is 2.15. The summed E-state index contributed by atoms with van der Waals surface area (Å²) in [4.78, 5) is 29.3. The molecule has 106 valence electrons. The van der Waals surface area contributed by atoms with Crippen LogP contribution in [-0.2, 0) is 14.4 Å². The third kappa shape index (κ3) is 23.9. The normalized spacial score (nSPS) is 9.17. The molecule has 0 aromatic rings. The molecule has 0 radical (unpaired) electrons. The van der Waals surface area contributed by atoms with Crippen LogP contribution in [0.4, 0.5) is 0 Å². The predicted molar refractivity (Wildman–Crippen MR) is 65.5 cm³/mol. The van der Waals surface area contributed by atoms with Crippen molar-refractivity contribution in [2.45, 2.75) is 58.3 Å². The highest BCUT2D eigenvalue weighted by atomic mass is 16.4. The lowest BCUT2D eigenvalue weighted by Gasteiger charge is -1.95. The van der Waals surface area contributed by atoms with Crippen LogP contribution in [0.3, 0.4) is 0 Å². The minimum Gasteiger partial charge on any atom is -0.481 e. The molecule has 0 amide bonds. The van der Waals surface area contributed by atoms with Gasteiger partial charge in [-0.15, -0.1) is 0 Å². The molecular weight excluding hydrogens is 240 g/mol. The molecule has 0 saturated heterocycles. The predicted octanol–water partition coefficient (Wildman–Crippen LogP) is 2.37. The number of carboxylic acid groups (broad SMARTS) is 3. The topological polar surface area (TPSA) is 112 Å². The van der Waals surface area contributed by atoms with E-state index in [1.807, 2.05) is 0 Å². The summed E-state index contributed by atoms with van der Waals surface area (Å²) < 4.78 is 0. The van der Waals surface area contributed by atoms with Gasteiger partial charge in [0.25, 0.3) is 0 Å². The molecular formula is C12H22O6. The first-order valence-corrected chi connectivity index (χ1v) is 6.05. The zero-order valence-corrected chi connectivity index (χ0v) is 10.7. The summed E-state index contributed by atoms with van der Waals surface area (Å²) in [7, 11) is 0. The molecule has 6 heteroatoms. The van der Waals surface area contributed by atoms with Crippen molar-refractivity contribution in [3.63, 3.8) is 0 Å². The van der Waals surface area contributed by atoms with Crippen molar-refractivity contribution in [1.29, 1.82) is 0 Å². The van der Waals surface area contributed by atoms with E-state index >= 15 is 0 Å². The van der Waals surface area contributed by atoms with Crippen LogP contribution in [0.5, 0.6) is 0 Å². The van der Waals surface area contributed by atoms with E-state index in [1.54, 1.807) is 0 Å². The van der Waals surface area contributed by atoms with Crippen LogP contribution in [0.2, 0.25) is 0 Å². The van der Waals surface area contributed by atoms with Crippen molar-refractivity contribution < 1.29 is 29.7 Å². The van der Waals surface area contributed by atoms with Crippen LogP contribution in [0, 0.1) is 0 Å². The van der Waals surface area contributed by atoms with Gasteiger partial charge in [-0.1, -0.05) is 32.6 Å². The lowest BCUT2D eigenvalue weighted by atomic mass is 10.1. The van der Waals surface area contributed by atoms with Gasteiger partial charge < -0.3 is 15.3 Å². The van der Waals surface area contributed by atoms with Crippen molar-refractivity contribution >= 4 is 17.9 Å². The monoisotopic (exact) mass is 262 g/mol. The maximum absolute atomic E-state index is 10.0. The Balaban J connectivity index is 0. The van der Waals surface area contributed by atoms with E-state index in [4.69, 9.17) is 15.3 Å². The van der Waals surface area contributed by atoms with Gasteiger partial charge in [0.1, 0.15) is 0 Å². The van der Waals surface area contributed by atoms with Gasteiger partial charge in [-0.25, -0.2) is 0 Å². The first-order valence-electron chi connectivity index (χ1n) is 6.05. The van der Waals surface area contributed by atoms with Gasteiger partial charge in [-0.3, -0.25) is 14.4 Å². The highest BCUT2D eigenvalue weighted by Crippen LogP contribution is 2.04. The van der Waals surface area contributed by atoms with Gasteiger partial charge >= 0.3 is 17.9 Å². The first-order chi connectivity index (χ1) is 8.40. The second-order valence-corrected chi connectivity index (χ2v) is 3.85. The second-order valence-electron chi connectivity index (χ2n) is 3.85. The second kappa shape index (κ2) is 13.5. The summed E-state index contributed by atoms with van der Waals surface area (Å²) in [5.74, 6) is -2.82. The summed E-state index contributed by atoms with van der Waals surface area (Å²) in [5, 5.41) is 24.1. The summed E-state index contributed by atoms with van der Waals surface area (Å²) in [6.07, 6.45) is 5.29. The molecule has 0 aromatic carbocycles. The number of carboxylic acids is 3. The molecule has 0 unspecified atom stereocenters. The SMILES string of the molecule is CCCCCCCC(=O)O.O=C(O)CCC(=O)O. The maximum Gasteiger partial charge on any atom is 0.303 e. The minimum absolute atomic E-state index is 0.296. The van der Waals surface area contributed by atoms with Crippen LogP contribution in [0.15, 0.2) is 0 Å². The van der Waals surface area contributed by atoms with Crippen LogP contribution >= 0.6 is 0 Å². The number of rotatable bonds is 9. The Hall–Kier alpha value is -1.59.